The zero-order valence-corrected chi connectivity index (χ0v) is 19.1. The number of amides is 3. The van der Waals surface area contributed by atoms with E-state index in [4.69, 9.17) is 5.73 Å². The second-order valence-corrected chi connectivity index (χ2v) is 8.53. The number of carboxylic acid groups (broad SMARTS) is 1. The standard InChI is InChI=1S/C19H32N6O6S/c1-10(2)15(18(29)23-13(19(30)31)4-5-32-3)25-17(28)14(8-26)24-16(27)12(20)6-11-7-21-9-22-11/h7,9-10,12-15,26H,4-6,8,20H2,1-3H3,(H,21,22)(H,23,29)(H,24,27)(H,25,28)(H,30,31). The number of thioether (sulfide) groups is 1. The molecule has 3 amide bonds. The van der Waals surface area contributed by atoms with Crippen LogP contribution in [0.5, 0.6) is 0 Å². The first-order valence-electron chi connectivity index (χ1n) is 10.1. The molecule has 0 fully saturated rings. The number of carbonyl (C=O) groups excluding carboxylic acids is 3. The van der Waals surface area contributed by atoms with E-state index in [1.165, 1.54) is 24.3 Å². The summed E-state index contributed by atoms with van der Waals surface area (Å²) in [6.07, 6.45) is 5.15. The summed E-state index contributed by atoms with van der Waals surface area (Å²) in [5.41, 5.74) is 6.47. The fourth-order valence-corrected chi connectivity index (χ4v) is 3.21. The predicted molar refractivity (Wildman–Crippen MR) is 119 cm³/mol. The van der Waals surface area contributed by atoms with Gasteiger partial charge in [0.05, 0.1) is 19.0 Å². The second kappa shape index (κ2) is 13.7. The number of aromatic nitrogens is 2. The summed E-state index contributed by atoms with van der Waals surface area (Å²) in [7, 11) is 0. The lowest BCUT2D eigenvalue weighted by atomic mass is 10.0. The van der Waals surface area contributed by atoms with Crippen LogP contribution < -0.4 is 21.7 Å². The Hall–Kier alpha value is -2.64. The van der Waals surface area contributed by atoms with E-state index in [1.807, 2.05) is 6.26 Å². The Bertz CT molecular complexity index is 759. The third-order valence-electron chi connectivity index (χ3n) is 4.62. The van der Waals surface area contributed by atoms with E-state index in [9.17, 15) is 29.4 Å². The van der Waals surface area contributed by atoms with E-state index in [2.05, 4.69) is 25.9 Å². The number of aliphatic hydroxyl groups is 1. The van der Waals surface area contributed by atoms with Crippen LogP contribution in [0.15, 0.2) is 12.5 Å². The lowest BCUT2D eigenvalue weighted by Crippen LogP contribution is -2.59. The molecule has 0 bridgehead atoms. The van der Waals surface area contributed by atoms with Gasteiger partial charge in [0.2, 0.25) is 17.7 Å². The zero-order valence-electron chi connectivity index (χ0n) is 18.3. The van der Waals surface area contributed by atoms with E-state index < -0.39 is 54.5 Å². The number of nitrogens with one attached hydrogen (secondary N) is 4. The van der Waals surface area contributed by atoms with Crippen molar-refractivity contribution in [3.05, 3.63) is 18.2 Å². The molecule has 4 unspecified atom stereocenters. The highest BCUT2D eigenvalue weighted by Crippen LogP contribution is 2.06. The van der Waals surface area contributed by atoms with Crippen LogP contribution in [-0.2, 0) is 25.6 Å². The Morgan fingerprint density at radius 2 is 1.78 bits per heavy atom. The number of rotatable bonds is 14. The quantitative estimate of drug-likeness (QED) is 0.163. The highest BCUT2D eigenvalue weighted by atomic mass is 32.2. The van der Waals surface area contributed by atoms with Crippen LogP contribution in [0.1, 0.15) is 26.0 Å². The molecule has 8 N–H and O–H groups in total. The third-order valence-corrected chi connectivity index (χ3v) is 5.26. The minimum Gasteiger partial charge on any atom is -0.480 e. The van der Waals surface area contributed by atoms with E-state index in [0.717, 1.165) is 0 Å². The summed E-state index contributed by atoms with van der Waals surface area (Å²) in [5.74, 6) is -3.14. The Kier molecular flexibility index (Phi) is 11.7. The summed E-state index contributed by atoms with van der Waals surface area (Å²) >= 11 is 1.45. The van der Waals surface area contributed by atoms with Crippen molar-refractivity contribution in [3.8, 4) is 0 Å². The number of aromatic amines is 1. The van der Waals surface area contributed by atoms with Crippen LogP contribution in [0.3, 0.4) is 0 Å². The Balaban J connectivity index is 2.75. The van der Waals surface area contributed by atoms with Gasteiger partial charge in [0.25, 0.3) is 0 Å². The fraction of sp³-hybridized carbons (Fsp3) is 0.632. The monoisotopic (exact) mass is 472 g/mol. The SMILES string of the molecule is CSCCC(NC(=O)C(NC(=O)C(CO)NC(=O)C(N)Cc1cnc[nH]1)C(C)C)C(=O)O. The van der Waals surface area contributed by atoms with Crippen LogP contribution in [0.2, 0.25) is 0 Å². The molecule has 0 saturated heterocycles. The normalized spacial score (nSPS) is 14.8. The molecular formula is C19H32N6O6S. The third kappa shape index (κ3) is 8.85. The molecule has 0 aliphatic rings. The maximum absolute atomic E-state index is 12.6. The molecule has 1 aromatic rings. The van der Waals surface area contributed by atoms with Crippen molar-refractivity contribution < 1.29 is 29.4 Å². The topological polar surface area (TPSA) is 200 Å². The summed E-state index contributed by atoms with van der Waals surface area (Å²) in [6.45, 7) is 2.64. The van der Waals surface area contributed by atoms with Gasteiger partial charge in [-0.15, -0.1) is 0 Å². The van der Waals surface area contributed by atoms with Crippen LogP contribution in [-0.4, -0.2) is 86.7 Å². The first-order valence-corrected chi connectivity index (χ1v) is 11.5. The Morgan fingerprint density at radius 3 is 2.28 bits per heavy atom. The summed E-state index contributed by atoms with van der Waals surface area (Å²) in [6, 6.07) is -4.49. The van der Waals surface area contributed by atoms with Crippen molar-refractivity contribution in [1.29, 1.82) is 0 Å². The molecule has 0 radical (unpaired) electrons. The molecule has 0 aromatic carbocycles. The van der Waals surface area contributed by atoms with E-state index >= 15 is 0 Å². The van der Waals surface area contributed by atoms with E-state index in [1.54, 1.807) is 13.8 Å². The molecule has 32 heavy (non-hydrogen) atoms. The van der Waals surface area contributed by atoms with Gasteiger partial charge in [-0.1, -0.05) is 13.8 Å². The molecule has 1 heterocycles. The van der Waals surface area contributed by atoms with Crippen molar-refractivity contribution in [3.63, 3.8) is 0 Å². The van der Waals surface area contributed by atoms with Gasteiger partial charge in [0.15, 0.2) is 0 Å². The molecular weight excluding hydrogens is 440 g/mol. The molecule has 1 aromatic heterocycles. The fourth-order valence-electron chi connectivity index (χ4n) is 2.74. The first-order chi connectivity index (χ1) is 15.1. The predicted octanol–water partition coefficient (Wildman–Crippen LogP) is -1.78. The van der Waals surface area contributed by atoms with E-state index in [0.29, 0.717) is 11.4 Å². The number of hydrogen-bond donors (Lipinski definition) is 7. The summed E-state index contributed by atoms with van der Waals surface area (Å²) in [4.78, 5) is 55.6. The number of aliphatic carboxylic acids is 1. The van der Waals surface area contributed by atoms with Gasteiger partial charge in [0.1, 0.15) is 18.1 Å². The van der Waals surface area contributed by atoms with Crippen molar-refractivity contribution in [2.24, 2.45) is 11.7 Å². The van der Waals surface area contributed by atoms with Gasteiger partial charge in [-0.25, -0.2) is 9.78 Å². The first kappa shape index (κ1) is 27.4. The smallest absolute Gasteiger partial charge is 0.326 e. The molecule has 0 spiro atoms. The highest BCUT2D eigenvalue weighted by molar-refractivity contribution is 7.98. The van der Waals surface area contributed by atoms with Crippen LogP contribution in [0.25, 0.3) is 0 Å². The molecule has 0 aliphatic carbocycles. The lowest BCUT2D eigenvalue weighted by molar-refractivity contribution is -0.142. The Labute approximate surface area is 190 Å². The number of carbonyl (C=O) groups is 4. The number of H-pyrrole nitrogens is 1. The van der Waals surface area contributed by atoms with Gasteiger partial charge >= 0.3 is 5.97 Å². The number of aliphatic hydroxyl groups excluding tert-OH is 1. The minimum absolute atomic E-state index is 0.148. The van der Waals surface area contributed by atoms with Crippen LogP contribution in [0, 0.1) is 5.92 Å². The average Bonchev–Trinajstić information content (AvgIpc) is 3.25. The zero-order chi connectivity index (χ0) is 24.3. The number of hydrogen-bond acceptors (Lipinski definition) is 8. The number of nitrogens with two attached hydrogens (primary N) is 1. The van der Waals surface area contributed by atoms with Crippen LogP contribution in [0.4, 0.5) is 0 Å². The molecule has 180 valence electrons. The molecule has 12 nitrogen and oxygen atoms in total. The Morgan fingerprint density at radius 1 is 1.12 bits per heavy atom. The molecule has 4 atom stereocenters. The van der Waals surface area contributed by atoms with Gasteiger partial charge in [-0.2, -0.15) is 11.8 Å². The van der Waals surface area contributed by atoms with Crippen molar-refractivity contribution in [2.75, 3.05) is 18.6 Å². The molecule has 1 rings (SSSR count). The van der Waals surface area contributed by atoms with Gasteiger partial charge in [0, 0.05) is 18.3 Å². The number of carboxylic acids is 1. The number of nitrogens with zero attached hydrogens (tertiary/aromatic N) is 1. The van der Waals surface area contributed by atoms with Crippen molar-refractivity contribution in [2.45, 2.75) is 50.9 Å². The summed E-state index contributed by atoms with van der Waals surface area (Å²) in [5, 5.41) is 26.2. The number of imidazole rings is 1. The highest BCUT2D eigenvalue weighted by Gasteiger charge is 2.31. The molecule has 0 saturated carbocycles. The van der Waals surface area contributed by atoms with Gasteiger partial charge < -0.3 is 36.9 Å². The van der Waals surface area contributed by atoms with Crippen LogP contribution >= 0.6 is 11.8 Å². The average molecular weight is 473 g/mol. The maximum atomic E-state index is 12.6. The second-order valence-electron chi connectivity index (χ2n) is 7.54. The maximum Gasteiger partial charge on any atom is 0.326 e. The largest absolute Gasteiger partial charge is 0.480 e. The van der Waals surface area contributed by atoms with Crippen molar-refractivity contribution >= 4 is 35.5 Å². The van der Waals surface area contributed by atoms with Gasteiger partial charge in [-0.05, 0) is 24.3 Å². The van der Waals surface area contributed by atoms with E-state index in [-0.39, 0.29) is 18.8 Å². The molecule has 0 aliphatic heterocycles. The summed E-state index contributed by atoms with van der Waals surface area (Å²) < 4.78 is 0. The lowest BCUT2D eigenvalue weighted by Gasteiger charge is -2.26. The minimum atomic E-state index is -1.34. The molecule has 13 heteroatoms. The van der Waals surface area contributed by atoms with Crippen molar-refractivity contribution in [1.82, 2.24) is 25.9 Å². The van der Waals surface area contributed by atoms with Gasteiger partial charge in [-0.3, -0.25) is 14.4 Å².